The molecule has 1 saturated carbocycles. The maximum absolute atomic E-state index is 6.20. The minimum atomic E-state index is 0.369. The fraction of sp³-hybridized carbons (Fsp3) is 1.00. The smallest absolute Gasteiger partial charge is 0.107 e. The van der Waals surface area contributed by atoms with E-state index in [4.69, 9.17) is 9.47 Å². The minimum absolute atomic E-state index is 0.369. The molecule has 0 amide bonds. The molecule has 15 heavy (non-hydrogen) atoms. The second-order valence-electron chi connectivity index (χ2n) is 5.44. The summed E-state index contributed by atoms with van der Waals surface area (Å²) in [6.45, 7) is 5.45. The molecule has 2 unspecified atom stereocenters. The Morgan fingerprint density at radius 2 is 1.87 bits per heavy atom. The summed E-state index contributed by atoms with van der Waals surface area (Å²) in [7, 11) is 0. The molecule has 0 N–H and O–H groups in total. The molecule has 0 aromatic heterocycles. The summed E-state index contributed by atoms with van der Waals surface area (Å²) in [5.41, 5.74) is 0. The molecule has 2 aliphatic rings. The lowest BCUT2D eigenvalue weighted by atomic mass is 9.96. The van der Waals surface area contributed by atoms with Gasteiger partial charge in [-0.25, -0.2) is 0 Å². The van der Waals surface area contributed by atoms with E-state index in [1.54, 1.807) is 0 Å². The molecule has 88 valence electrons. The first-order valence-corrected chi connectivity index (χ1v) is 6.53. The Hall–Kier alpha value is -0.0800. The first-order valence-electron chi connectivity index (χ1n) is 6.53. The number of hydrogen-bond donors (Lipinski definition) is 0. The molecule has 1 saturated heterocycles. The number of epoxide rings is 1. The van der Waals surface area contributed by atoms with Crippen molar-refractivity contribution in [1.29, 1.82) is 0 Å². The van der Waals surface area contributed by atoms with Gasteiger partial charge in [-0.15, -0.1) is 0 Å². The monoisotopic (exact) mass is 212 g/mol. The van der Waals surface area contributed by atoms with Gasteiger partial charge < -0.3 is 9.47 Å². The van der Waals surface area contributed by atoms with Crippen LogP contribution in [0.15, 0.2) is 0 Å². The van der Waals surface area contributed by atoms with Crippen LogP contribution in [0.1, 0.15) is 52.4 Å². The minimum Gasteiger partial charge on any atom is -0.372 e. The van der Waals surface area contributed by atoms with Crippen molar-refractivity contribution in [3.8, 4) is 0 Å². The lowest BCUT2D eigenvalue weighted by molar-refractivity contribution is -0.0498. The van der Waals surface area contributed by atoms with Crippen molar-refractivity contribution in [1.82, 2.24) is 0 Å². The molecular formula is C13H24O2. The maximum atomic E-state index is 6.20. The molecule has 1 aliphatic heterocycles. The quantitative estimate of drug-likeness (QED) is 0.653. The maximum Gasteiger partial charge on any atom is 0.107 e. The average Bonchev–Trinajstić information content (AvgIpc) is 3.01. The molecule has 0 aromatic carbocycles. The Morgan fingerprint density at radius 1 is 1.20 bits per heavy atom. The topological polar surface area (TPSA) is 21.8 Å². The Labute approximate surface area is 93.3 Å². The standard InChI is InChI=1S/C13H24O2/c1-10(2)8-12(13-9-14-13)15-11-6-4-3-5-7-11/h10-13H,3-9H2,1-2H3. The van der Waals surface area contributed by atoms with Crippen molar-refractivity contribution in [3.05, 3.63) is 0 Å². The van der Waals surface area contributed by atoms with Crippen LogP contribution < -0.4 is 0 Å². The van der Waals surface area contributed by atoms with Gasteiger partial charge in [0.05, 0.1) is 18.8 Å². The first-order chi connectivity index (χ1) is 7.25. The van der Waals surface area contributed by atoms with Crippen molar-refractivity contribution >= 4 is 0 Å². The molecule has 0 aromatic rings. The van der Waals surface area contributed by atoms with Crippen LogP contribution in [0.5, 0.6) is 0 Å². The van der Waals surface area contributed by atoms with Gasteiger partial charge in [-0.1, -0.05) is 33.1 Å². The van der Waals surface area contributed by atoms with Crippen LogP contribution in [-0.2, 0) is 9.47 Å². The lowest BCUT2D eigenvalue weighted by Gasteiger charge is -2.27. The third kappa shape index (κ3) is 3.76. The Kier molecular flexibility index (Phi) is 4.04. The lowest BCUT2D eigenvalue weighted by Crippen LogP contribution is -2.29. The van der Waals surface area contributed by atoms with Crippen LogP contribution in [-0.4, -0.2) is 24.9 Å². The molecule has 0 bridgehead atoms. The fourth-order valence-electron chi connectivity index (χ4n) is 2.48. The zero-order valence-corrected chi connectivity index (χ0v) is 10.1. The molecule has 2 heteroatoms. The van der Waals surface area contributed by atoms with Gasteiger partial charge in [0.2, 0.25) is 0 Å². The number of ether oxygens (including phenoxy) is 2. The summed E-state index contributed by atoms with van der Waals surface area (Å²) in [4.78, 5) is 0. The van der Waals surface area contributed by atoms with E-state index in [-0.39, 0.29) is 0 Å². The highest BCUT2D eigenvalue weighted by atomic mass is 16.6. The van der Waals surface area contributed by atoms with Crippen LogP contribution in [0.3, 0.4) is 0 Å². The SMILES string of the molecule is CC(C)CC(OC1CCCCC1)C1CO1. The third-order valence-corrected chi connectivity index (χ3v) is 3.40. The van der Waals surface area contributed by atoms with Gasteiger partial charge in [-0.2, -0.15) is 0 Å². The van der Waals surface area contributed by atoms with Gasteiger partial charge in [0.25, 0.3) is 0 Å². The van der Waals surface area contributed by atoms with E-state index in [9.17, 15) is 0 Å². The zero-order valence-electron chi connectivity index (χ0n) is 10.1. The van der Waals surface area contributed by atoms with Crippen LogP contribution in [0.2, 0.25) is 0 Å². The molecule has 0 spiro atoms. The number of hydrogen-bond acceptors (Lipinski definition) is 2. The second kappa shape index (κ2) is 5.31. The highest BCUT2D eigenvalue weighted by molar-refractivity contribution is 4.82. The van der Waals surface area contributed by atoms with E-state index in [0.717, 1.165) is 13.0 Å². The number of rotatable bonds is 5. The van der Waals surface area contributed by atoms with E-state index in [1.165, 1.54) is 32.1 Å². The van der Waals surface area contributed by atoms with Crippen molar-refractivity contribution in [3.63, 3.8) is 0 Å². The predicted octanol–water partition coefficient (Wildman–Crippen LogP) is 3.15. The Balaban J connectivity index is 1.77. The summed E-state index contributed by atoms with van der Waals surface area (Å²) < 4.78 is 11.6. The van der Waals surface area contributed by atoms with Crippen molar-refractivity contribution in [2.24, 2.45) is 5.92 Å². The van der Waals surface area contributed by atoms with Crippen molar-refractivity contribution < 1.29 is 9.47 Å². The Morgan fingerprint density at radius 3 is 2.40 bits per heavy atom. The van der Waals surface area contributed by atoms with E-state index in [1.807, 2.05) is 0 Å². The van der Waals surface area contributed by atoms with Crippen molar-refractivity contribution in [2.75, 3.05) is 6.61 Å². The highest BCUT2D eigenvalue weighted by Gasteiger charge is 2.35. The molecule has 2 atom stereocenters. The van der Waals surface area contributed by atoms with Gasteiger partial charge in [0.1, 0.15) is 6.10 Å². The molecule has 0 radical (unpaired) electrons. The van der Waals surface area contributed by atoms with E-state index < -0.39 is 0 Å². The summed E-state index contributed by atoms with van der Waals surface area (Å²) in [5.74, 6) is 0.711. The normalized spacial score (nSPS) is 29.4. The van der Waals surface area contributed by atoms with Gasteiger partial charge >= 0.3 is 0 Å². The molecule has 1 heterocycles. The van der Waals surface area contributed by atoms with E-state index in [2.05, 4.69) is 13.8 Å². The van der Waals surface area contributed by atoms with Gasteiger partial charge in [0, 0.05) is 0 Å². The molecule has 2 fully saturated rings. The highest BCUT2D eigenvalue weighted by Crippen LogP contribution is 2.28. The zero-order chi connectivity index (χ0) is 10.7. The summed E-state index contributed by atoms with van der Waals surface area (Å²) in [6, 6.07) is 0. The Bertz CT molecular complexity index is 181. The predicted molar refractivity (Wildman–Crippen MR) is 60.9 cm³/mol. The van der Waals surface area contributed by atoms with Crippen LogP contribution in [0.4, 0.5) is 0 Å². The fourth-order valence-corrected chi connectivity index (χ4v) is 2.48. The molecular weight excluding hydrogens is 188 g/mol. The van der Waals surface area contributed by atoms with Crippen LogP contribution >= 0.6 is 0 Å². The molecule has 2 rings (SSSR count). The van der Waals surface area contributed by atoms with Crippen molar-refractivity contribution in [2.45, 2.75) is 70.7 Å². The average molecular weight is 212 g/mol. The third-order valence-electron chi connectivity index (χ3n) is 3.40. The van der Waals surface area contributed by atoms with Crippen LogP contribution in [0.25, 0.3) is 0 Å². The first kappa shape index (κ1) is 11.4. The van der Waals surface area contributed by atoms with Crippen LogP contribution in [0, 0.1) is 5.92 Å². The second-order valence-corrected chi connectivity index (χ2v) is 5.44. The summed E-state index contributed by atoms with van der Waals surface area (Å²) >= 11 is 0. The van der Waals surface area contributed by atoms with Gasteiger partial charge in [-0.3, -0.25) is 0 Å². The van der Waals surface area contributed by atoms with E-state index >= 15 is 0 Å². The summed E-state index contributed by atoms with van der Waals surface area (Å²) in [5, 5.41) is 0. The largest absolute Gasteiger partial charge is 0.372 e. The van der Waals surface area contributed by atoms with E-state index in [0.29, 0.717) is 24.2 Å². The summed E-state index contributed by atoms with van der Waals surface area (Å²) in [6.07, 6.45) is 9.09. The molecule has 2 nitrogen and oxygen atoms in total. The van der Waals surface area contributed by atoms with Gasteiger partial charge in [0.15, 0.2) is 0 Å². The van der Waals surface area contributed by atoms with Gasteiger partial charge in [-0.05, 0) is 25.2 Å². The molecule has 1 aliphatic carbocycles.